The van der Waals surface area contributed by atoms with Gasteiger partial charge in [0.05, 0.1) is 12.2 Å². The van der Waals surface area contributed by atoms with Gasteiger partial charge in [0.15, 0.2) is 0 Å². The van der Waals surface area contributed by atoms with Crippen molar-refractivity contribution in [2.45, 2.75) is 103 Å². The maximum absolute atomic E-state index is 15.2. The minimum Gasteiger partial charge on any atom is -0.493 e. The molecule has 1 atom stereocenters. The fraction of sp³-hybridized carbons (Fsp3) is 0.645. The molecule has 1 aromatic carbocycles. The highest BCUT2D eigenvalue weighted by molar-refractivity contribution is 5.97. The number of nitrogens with zero attached hydrogens (tertiary/aromatic N) is 1. The number of hydrogen-bond acceptors (Lipinski definition) is 3. The van der Waals surface area contributed by atoms with Crippen LogP contribution in [0.15, 0.2) is 18.2 Å². The standard InChI is InChI=1S/C31H43FN2O3/c1-20-24(30(35)33-23-10-13-36-14-11-23)18-28(34(20)19-21-8-6-5-7-9-21)22-16-25-27(32)12-15-37-29(25)26(17-22)31(2,3)4/h16-18,21,23,27H,5-15,19H2,1-4H3,(H,33,35). The molecule has 0 bridgehead atoms. The van der Waals surface area contributed by atoms with E-state index >= 15 is 4.39 Å². The van der Waals surface area contributed by atoms with E-state index in [2.05, 4.69) is 43.6 Å². The second kappa shape index (κ2) is 10.8. The number of hydrogen-bond donors (Lipinski definition) is 1. The normalized spacial score (nSPS) is 21.4. The van der Waals surface area contributed by atoms with Gasteiger partial charge in [0.2, 0.25) is 0 Å². The number of halogens is 1. The van der Waals surface area contributed by atoms with Crippen LogP contribution in [0.25, 0.3) is 11.3 Å². The molecule has 1 unspecified atom stereocenters. The first-order valence-corrected chi connectivity index (χ1v) is 14.3. The lowest BCUT2D eigenvalue weighted by Crippen LogP contribution is -2.39. The highest BCUT2D eigenvalue weighted by atomic mass is 19.1. The summed E-state index contributed by atoms with van der Waals surface area (Å²) >= 11 is 0. The van der Waals surface area contributed by atoms with Gasteiger partial charge in [0, 0.05) is 54.7 Å². The van der Waals surface area contributed by atoms with Gasteiger partial charge in [0.1, 0.15) is 11.9 Å². The van der Waals surface area contributed by atoms with E-state index in [1.54, 1.807) is 0 Å². The summed E-state index contributed by atoms with van der Waals surface area (Å²) in [4.78, 5) is 13.5. The molecule has 2 fully saturated rings. The van der Waals surface area contributed by atoms with Crippen LogP contribution in [-0.4, -0.2) is 36.3 Å². The Bertz CT molecular complexity index is 1120. The molecule has 2 aromatic rings. The molecule has 1 aromatic heterocycles. The molecule has 0 spiro atoms. The van der Waals surface area contributed by atoms with Crippen LogP contribution >= 0.6 is 0 Å². The number of carbonyl (C=O) groups is 1. The monoisotopic (exact) mass is 510 g/mol. The first-order valence-electron chi connectivity index (χ1n) is 14.3. The van der Waals surface area contributed by atoms with Crippen molar-refractivity contribution in [1.82, 2.24) is 9.88 Å². The first kappa shape index (κ1) is 26.3. The Morgan fingerprint density at radius 2 is 1.76 bits per heavy atom. The molecule has 3 aliphatic rings. The molecule has 1 N–H and O–H groups in total. The molecule has 37 heavy (non-hydrogen) atoms. The van der Waals surface area contributed by atoms with Crippen molar-refractivity contribution in [2.24, 2.45) is 5.92 Å². The van der Waals surface area contributed by atoms with E-state index in [-0.39, 0.29) is 17.4 Å². The predicted molar refractivity (Wildman–Crippen MR) is 145 cm³/mol. The summed E-state index contributed by atoms with van der Waals surface area (Å²) in [6.07, 6.45) is 7.32. The Hall–Kier alpha value is -2.34. The first-order chi connectivity index (χ1) is 17.7. The molecule has 2 aliphatic heterocycles. The van der Waals surface area contributed by atoms with Crippen molar-refractivity contribution in [3.05, 3.63) is 40.6 Å². The summed E-state index contributed by atoms with van der Waals surface area (Å²) in [5.41, 5.74) is 5.17. The van der Waals surface area contributed by atoms with Gasteiger partial charge in [-0.25, -0.2) is 4.39 Å². The Kier molecular flexibility index (Phi) is 7.67. The van der Waals surface area contributed by atoms with Crippen molar-refractivity contribution in [3.8, 4) is 17.0 Å². The van der Waals surface area contributed by atoms with Crippen molar-refractivity contribution in [3.63, 3.8) is 0 Å². The third-order valence-electron chi connectivity index (χ3n) is 8.51. The van der Waals surface area contributed by atoms with Crippen molar-refractivity contribution in [2.75, 3.05) is 19.8 Å². The van der Waals surface area contributed by atoms with Gasteiger partial charge in [-0.2, -0.15) is 0 Å². The summed E-state index contributed by atoms with van der Waals surface area (Å²) < 4.78 is 29.1. The molecular weight excluding hydrogens is 467 g/mol. The van der Waals surface area contributed by atoms with Gasteiger partial charge in [-0.05, 0) is 67.7 Å². The molecule has 5 rings (SSSR count). The highest BCUT2D eigenvalue weighted by Gasteiger charge is 2.31. The van der Waals surface area contributed by atoms with Gasteiger partial charge in [0.25, 0.3) is 5.91 Å². The Labute approximate surface area is 221 Å². The number of benzene rings is 1. The number of fused-ring (bicyclic) bond motifs is 1. The van der Waals surface area contributed by atoms with Crippen LogP contribution in [0.2, 0.25) is 0 Å². The lowest BCUT2D eigenvalue weighted by Gasteiger charge is -2.30. The van der Waals surface area contributed by atoms with E-state index in [9.17, 15) is 4.79 Å². The maximum atomic E-state index is 15.2. The topological polar surface area (TPSA) is 52.5 Å². The zero-order valence-corrected chi connectivity index (χ0v) is 23.0. The molecule has 0 radical (unpaired) electrons. The van der Waals surface area contributed by atoms with Crippen LogP contribution in [0.1, 0.15) is 105 Å². The number of ether oxygens (including phenoxy) is 2. The maximum Gasteiger partial charge on any atom is 0.253 e. The predicted octanol–water partition coefficient (Wildman–Crippen LogP) is 7.04. The fourth-order valence-corrected chi connectivity index (χ4v) is 6.25. The van der Waals surface area contributed by atoms with E-state index in [1.165, 1.54) is 32.1 Å². The molecule has 1 aliphatic carbocycles. The van der Waals surface area contributed by atoms with Gasteiger partial charge in [-0.3, -0.25) is 4.79 Å². The number of aromatic nitrogens is 1. The van der Waals surface area contributed by atoms with Crippen LogP contribution in [0.4, 0.5) is 4.39 Å². The van der Waals surface area contributed by atoms with E-state index in [1.807, 2.05) is 12.1 Å². The summed E-state index contributed by atoms with van der Waals surface area (Å²) in [7, 11) is 0. The van der Waals surface area contributed by atoms with Crippen LogP contribution in [-0.2, 0) is 16.7 Å². The number of carbonyl (C=O) groups excluding carboxylic acids is 1. The van der Waals surface area contributed by atoms with E-state index in [0.717, 1.165) is 47.5 Å². The highest BCUT2D eigenvalue weighted by Crippen LogP contribution is 2.45. The zero-order chi connectivity index (χ0) is 26.2. The molecule has 202 valence electrons. The average molecular weight is 511 g/mol. The van der Waals surface area contributed by atoms with Crippen molar-refractivity contribution in [1.29, 1.82) is 0 Å². The molecule has 1 saturated carbocycles. The zero-order valence-electron chi connectivity index (χ0n) is 23.0. The minimum atomic E-state index is -1.04. The van der Waals surface area contributed by atoms with Crippen molar-refractivity contribution < 1.29 is 18.7 Å². The Balaban J connectivity index is 1.58. The minimum absolute atomic E-state index is 0.0197. The van der Waals surface area contributed by atoms with Crippen LogP contribution in [0.3, 0.4) is 0 Å². The second-order valence-corrected chi connectivity index (χ2v) is 12.3. The Morgan fingerprint density at radius 1 is 1.03 bits per heavy atom. The molecule has 5 nitrogen and oxygen atoms in total. The quantitative estimate of drug-likeness (QED) is 0.469. The smallest absolute Gasteiger partial charge is 0.253 e. The number of rotatable bonds is 5. The lowest BCUT2D eigenvalue weighted by atomic mass is 9.82. The van der Waals surface area contributed by atoms with Gasteiger partial charge in [-0.1, -0.05) is 40.0 Å². The number of nitrogens with one attached hydrogen (secondary N) is 1. The van der Waals surface area contributed by atoms with Crippen LogP contribution < -0.4 is 10.1 Å². The second-order valence-electron chi connectivity index (χ2n) is 12.3. The molecule has 3 heterocycles. The van der Waals surface area contributed by atoms with Crippen LogP contribution in [0, 0.1) is 12.8 Å². The van der Waals surface area contributed by atoms with Gasteiger partial charge in [-0.15, -0.1) is 0 Å². The third-order valence-corrected chi connectivity index (χ3v) is 8.51. The summed E-state index contributed by atoms with van der Waals surface area (Å²) in [5, 5.41) is 3.25. The average Bonchev–Trinajstić information content (AvgIpc) is 3.20. The molecule has 6 heteroatoms. The lowest BCUT2D eigenvalue weighted by molar-refractivity contribution is 0.0696. The van der Waals surface area contributed by atoms with E-state index in [0.29, 0.717) is 43.5 Å². The summed E-state index contributed by atoms with van der Waals surface area (Å²) in [5.74, 6) is 1.28. The number of alkyl halides is 1. The third kappa shape index (κ3) is 5.59. The van der Waals surface area contributed by atoms with E-state index < -0.39 is 6.17 Å². The van der Waals surface area contributed by atoms with Gasteiger partial charge < -0.3 is 19.4 Å². The van der Waals surface area contributed by atoms with Crippen molar-refractivity contribution >= 4 is 5.91 Å². The molecule has 1 saturated heterocycles. The summed E-state index contributed by atoms with van der Waals surface area (Å²) in [6.45, 7) is 11.2. The largest absolute Gasteiger partial charge is 0.493 e. The SMILES string of the molecule is Cc1c(C(=O)NC2CCOCC2)cc(-c2cc3c(c(C(C)(C)C)c2)OCCC3F)n1CC1CCCCC1. The molecular formula is C31H43FN2O3. The fourth-order valence-electron chi connectivity index (χ4n) is 6.25. The van der Waals surface area contributed by atoms with Gasteiger partial charge >= 0.3 is 0 Å². The molecule has 1 amide bonds. The number of amides is 1. The summed E-state index contributed by atoms with van der Waals surface area (Å²) in [6, 6.07) is 6.33. The van der Waals surface area contributed by atoms with E-state index in [4.69, 9.17) is 9.47 Å². The van der Waals surface area contributed by atoms with Crippen LogP contribution in [0.5, 0.6) is 5.75 Å². The Morgan fingerprint density at radius 3 is 2.46 bits per heavy atom.